The summed E-state index contributed by atoms with van der Waals surface area (Å²) in [6.45, 7) is 8.48. The first kappa shape index (κ1) is 25.2. The van der Waals surface area contributed by atoms with E-state index in [1.165, 1.54) is 18.1 Å². The number of anilines is 4. The van der Waals surface area contributed by atoms with E-state index in [2.05, 4.69) is 49.1 Å². The molecule has 0 unspecified atom stereocenters. The third kappa shape index (κ3) is 6.85. The zero-order valence-electron chi connectivity index (χ0n) is 20.9. The van der Waals surface area contributed by atoms with E-state index in [4.69, 9.17) is 14.9 Å². The fourth-order valence-corrected chi connectivity index (χ4v) is 3.96. The van der Waals surface area contributed by atoms with Gasteiger partial charge in [-0.2, -0.15) is 9.97 Å². The molecule has 0 spiro atoms. The van der Waals surface area contributed by atoms with E-state index in [1.807, 2.05) is 24.1 Å². The number of rotatable bonds is 12. The quantitative estimate of drug-likeness (QED) is 0.360. The topological polar surface area (TPSA) is 126 Å². The number of ether oxygens (including phenoxy) is 1. The number of hydrogen-bond acceptors (Lipinski definition) is 11. The van der Waals surface area contributed by atoms with Gasteiger partial charge in [-0.3, -0.25) is 9.69 Å². The van der Waals surface area contributed by atoms with Crippen molar-refractivity contribution in [2.45, 2.75) is 13.3 Å². The normalized spacial score (nSPS) is 14.0. The van der Waals surface area contributed by atoms with E-state index < -0.39 is 0 Å². The van der Waals surface area contributed by atoms with Gasteiger partial charge < -0.3 is 30.0 Å². The van der Waals surface area contributed by atoms with Crippen molar-refractivity contribution in [2.24, 2.45) is 0 Å². The number of benzene rings is 1. The van der Waals surface area contributed by atoms with Crippen molar-refractivity contribution >= 4 is 29.1 Å². The van der Waals surface area contributed by atoms with E-state index in [0.29, 0.717) is 11.6 Å². The molecule has 0 bridgehead atoms. The molecule has 1 aromatic carbocycles. The summed E-state index contributed by atoms with van der Waals surface area (Å²) in [6.07, 6.45) is 3.81. The number of oxazole rings is 1. The molecular weight excluding hydrogens is 460 g/mol. The van der Waals surface area contributed by atoms with Gasteiger partial charge in [-0.1, -0.05) is 6.92 Å². The number of aromatic nitrogens is 3. The molecule has 36 heavy (non-hydrogen) atoms. The smallest absolute Gasteiger partial charge is 0.264 e. The third-order valence-corrected chi connectivity index (χ3v) is 6.02. The Kier molecular flexibility index (Phi) is 8.56. The van der Waals surface area contributed by atoms with Gasteiger partial charge in [-0.05, 0) is 30.7 Å². The van der Waals surface area contributed by atoms with E-state index in [9.17, 15) is 4.79 Å². The first-order valence-corrected chi connectivity index (χ1v) is 12.2. The number of piperazine rings is 1. The van der Waals surface area contributed by atoms with Crippen molar-refractivity contribution in [2.75, 3.05) is 80.3 Å². The highest BCUT2D eigenvalue weighted by Crippen LogP contribution is 2.21. The van der Waals surface area contributed by atoms with Crippen molar-refractivity contribution in [3.05, 3.63) is 48.7 Å². The molecule has 0 radical (unpaired) electrons. The van der Waals surface area contributed by atoms with Crippen LogP contribution in [-0.2, 0) is 0 Å². The van der Waals surface area contributed by atoms with Gasteiger partial charge in [0.05, 0.1) is 19.3 Å². The molecule has 192 valence electrons. The lowest BCUT2D eigenvalue weighted by molar-refractivity contribution is 0.0973. The summed E-state index contributed by atoms with van der Waals surface area (Å²) in [5.74, 6) is 2.02. The van der Waals surface area contributed by atoms with Gasteiger partial charge in [0.15, 0.2) is 0 Å². The summed E-state index contributed by atoms with van der Waals surface area (Å²) in [6, 6.07) is 10.2. The predicted octanol–water partition coefficient (Wildman–Crippen LogP) is 2.39. The van der Waals surface area contributed by atoms with Crippen molar-refractivity contribution in [1.82, 2.24) is 19.9 Å². The molecule has 3 aromatic rings. The first-order chi connectivity index (χ1) is 17.5. The van der Waals surface area contributed by atoms with Crippen LogP contribution in [0, 0.1) is 0 Å². The zero-order chi connectivity index (χ0) is 25.3. The molecular formula is C25H34N8O3. The van der Waals surface area contributed by atoms with Crippen LogP contribution in [0.1, 0.15) is 24.0 Å². The summed E-state index contributed by atoms with van der Waals surface area (Å²) in [4.78, 5) is 31.4. The van der Waals surface area contributed by atoms with Gasteiger partial charge >= 0.3 is 0 Å². The number of carbonyl (C=O) groups is 1. The molecule has 4 rings (SSSR count). The Morgan fingerprint density at radius 3 is 2.67 bits per heavy atom. The van der Waals surface area contributed by atoms with Crippen LogP contribution < -0.4 is 25.6 Å². The number of hydrogen-bond donors (Lipinski definition) is 2. The molecule has 1 aliphatic heterocycles. The lowest BCUT2D eigenvalue weighted by Gasteiger charge is -2.36. The highest BCUT2D eigenvalue weighted by molar-refractivity contribution is 5.94. The SMILES string of the molecule is CCCOc1ccc(N2CCN(CCN(C)c3cc(NCC(=O)c4ncco4)nc(N)n3)CC2)cc1. The molecule has 1 saturated heterocycles. The maximum Gasteiger partial charge on any atom is 0.264 e. The Morgan fingerprint density at radius 2 is 1.97 bits per heavy atom. The van der Waals surface area contributed by atoms with Gasteiger partial charge in [0.1, 0.15) is 23.6 Å². The minimum atomic E-state index is -0.271. The average Bonchev–Trinajstić information content (AvgIpc) is 3.45. The van der Waals surface area contributed by atoms with Gasteiger partial charge in [-0.25, -0.2) is 4.98 Å². The molecule has 0 amide bonds. The molecule has 2 aromatic heterocycles. The number of nitrogens with zero attached hydrogens (tertiary/aromatic N) is 6. The molecule has 3 N–H and O–H groups in total. The van der Waals surface area contributed by atoms with Crippen LogP contribution >= 0.6 is 0 Å². The number of carbonyl (C=O) groups excluding carboxylic acids is 1. The molecule has 1 aliphatic rings. The Morgan fingerprint density at radius 1 is 1.19 bits per heavy atom. The van der Waals surface area contributed by atoms with Crippen LogP contribution in [-0.4, -0.2) is 85.1 Å². The van der Waals surface area contributed by atoms with Crippen LogP contribution in [0.5, 0.6) is 5.75 Å². The van der Waals surface area contributed by atoms with Crippen LogP contribution in [0.15, 0.2) is 47.2 Å². The first-order valence-electron chi connectivity index (χ1n) is 12.2. The van der Waals surface area contributed by atoms with Crippen molar-refractivity contribution in [3.8, 4) is 5.75 Å². The maximum atomic E-state index is 12.1. The summed E-state index contributed by atoms with van der Waals surface area (Å²) < 4.78 is 10.7. The monoisotopic (exact) mass is 494 g/mol. The second-order valence-electron chi connectivity index (χ2n) is 8.68. The van der Waals surface area contributed by atoms with E-state index >= 15 is 0 Å². The lowest BCUT2D eigenvalue weighted by atomic mass is 10.2. The molecule has 11 heteroatoms. The summed E-state index contributed by atoms with van der Waals surface area (Å²) in [5, 5.41) is 2.98. The van der Waals surface area contributed by atoms with Crippen molar-refractivity contribution in [3.63, 3.8) is 0 Å². The maximum absolute atomic E-state index is 12.1. The van der Waals surface area contributed by atoms with Gasteiger partial charge in [0, 0.05) is 58.1 Å². The standard InChI is InChI=1S/C25H34N8O3/c1-3-15-35-20-6-4-19(5-7-20)33-13-11-32(12-14-33)10-9-31(2)23-17-22(29-25(26)30-23)28-18-21(34)24-27-8-16-36-24/h4-8,16-17H,3,9-15,18H2,1-2H3,(H3,26,28,29,30). The van der Waals surface area contributed by atoms with Crippen LogP contribution in [0.25, 0.3) is 0 Å². The van der Waals surface area contributed by atoms with Gasteiger partial charge in [0.25, 0.3) is 5.89 Å². The molecule has 11 nitrogen and oxygen atoms in total. The van der Waals surface area contributed by atoms with E-state index in [1.54, 1.807) is 6.07 Å². The highest BCUT2D eigenvalue weighted by Gasteiger charge is 2.18. The second-order valence-corrected chi connectivity index (χ2v) is 8.68. The summed E-state index contributed by atoms with van der Waals surface area (Å²) >= 11 is 0. The number of ketones is 1. The predicted molar refractivity (Wildman–Crippen MR) is 140 cm³/mol. The fraction of sp³-hybridized carbons (Fsp3) is 0.440. The summed E-state index contributed by atoms with van der Waals surface area (Å²) in [5.41, 5.74) is 7.14. The van der Waals surface area contributed by atoms with Crippen LogP contribution in [0.4, 0.5) is 23.3 Å². The minimum absolute atomic E-state index is 0.00110. The van der Waals surface area contributed by atoms with Gasteiger partial charge in [-0.15, -0.1) is 0 Å². The summed E-state index contributed by atoms with van der Waals surface area (Å²) in [7, 11) is 1.97. The fourth-order valence-electron chi connectivity index (χ4n) is 3.96. The average molecular weight is 495 g/mol. The van der Waals surface area contributed by atoms with Crippen LogP contribution in [0.2, 0.25) is 0 Å². The Balaban J connectivity index is 1.23. The molecule has 0 atom stereocenters. The van der Waals surface area contributed by atoms with E-state index in [-0.39, 0.29) is 24.2 Å². The number of Topliss-reactive ketones (excluding diaryl/α,β-unsaturated/α-hetero) is 1. The van der Waals surface area contributed by atoms with E-state index in [0.717, 1.165) is 58.0 Å². The molecule has 1 fully saturated rings. The molecule has 0 saturated carbocycles. The number of nitrogens with two attached hydrogens (primary N) is 1. The Labute approximate surface area is 211 Å². The van der Waals surface area contributed by atoms with Gasteiger partial charge in [0.2, 0.25) is 11.7 Å². The minimum Gasteiger partial charge on any atom is -0.494 e. The van der Waals surface area contributed by atoms with Crippen molar-refractivity contribution in [1.29, 1.82) is 0 Å². The number of nitrogens with one attached hydrogen (secondary N) is 1. The van der Waals surface area contributed by atoms with Crippen LogP contribution in [0.3, 0.4) is 0 Å². The zero-order valence-corrected chi connectivity index (χ0v) is 20.9. The largest absolute Gasteiger partial charge is 0.494 e. The number of nitrogen functional groups attached to an aromatic ring is 1. The highest BCUT2D eigenvalue weighted by atomic mass is 16.5. The third-order valence-electron chi connectivity index (χ3n) is 6.02. The number of likely N-dealkylation sites (N-methyl/N-ethyl adjacent to an activating group) is 1. The lowest BCUT2D eigenvalue weighted by Crippen LogP contribution is -2.48. The second kappa shape index (κ2) is 12.2. The Hall–Kier alpha value is -3.86. The van der Waals surface area contributed by atoms with Crippen molar-refractivity contribution < 1.29 is 13.9 Å². The Bertz CT molecular complexity index is 1100. The molecule has 0 aliphatic carbocycles. The molecule has 3 heterocycles.